The van der Waals surface area contributed by atoms with Gasteiger partial charge in [-0.3, -0.25) is 0 Å². The van der Waals surface area contributed by atoms with Crippen molar-refractivity contribution in [3.63, 3.8) is 0 Å². The van der Waals surface area contributed by atoms with Gasteiger partial charge in [0, 0.05) is 19.6 Å². The Hall–Kier alpha value is -0.250. The Morgan fingerprint density at radius 3 is 2.69 bits per heavy atom. The lowest BCUT2D eigenvalue weighted by Crippen LogP contribution is -2.17. The first-order valence-electron chi connectivity index (χ1n) is 4.28. The molecule has 0 aromatic carbocycles. The molecule has 72 valence electrons. The molecule has 13 heavy (non-hydrogen) atoms. The van der Waals surface area contributed by atoms with Gasteiger partial charge in [0.1, 0.15) is 0 Å². The van der Waals surface area contributed by atoms with Crippen LogP contribution in [-0.4, -0.2) is 15.6 Å². The van der Waals surface area contributed by atoms with Gasteiger partial charge in [-0.15, -0.1) is 0 Å². The average molecular weight is 220 g/mol. The van der Waals surface area contributed by atoms with E-state index < -0.39 is 0 Å². The largest absolute Gasteiger partial charge is 0.319 e. The van der Waals surface area contributed by atoms with Gasteiger partial charge in [0.05, 0.1) is 5.69 Å². The molecule has 0 atom stereocenters. The van der Waals surface area contributed by atoms with Crippen molar-refractivity contribution in [1.29, 1.82) is 0 Å². The molecule has 1 N–H and O–H groups in total. The molecule has 1 aliphatic rings. The standard InChI is InChI=1S/C8H11Cl2N3/c1-13-6(4-11-5-2-3-5)7(9)12-8(13)10/h5,11H,2-4H2,1H3. The third-order valence-corrected chi connectivity index (χ3v) is 2.89. The smallest absolute Gasteiger partial charge is 0.204 e. The number of halogens is 2. The monoisotopic (exact) mass is 219 g/mol. The molecule has 0 aliphatic heterocycles. The summed E-state index contributed by atoms with van der Waals surface area (Å²) in [6, 6.07) is 0.671. The van der Waals surface area contributed by atoms with Crippen LogP contribution in [0.3, 0.4) is 0 Å². The summed E-state index contributed by atoms with van der Waals surface area (Å²) >= 11 is 11.7. The summed E-state index contributed by atoms with van der Waals surface area (Å²) in [5.74, 6) is 0. The molecule has 1 heterocycles. The summed E-state index contributed by atoms with van der Waals surface area (Å²) in [6.45, 7) is 0.750. The van der Waals surface area contributed by atoms with Crippen LogP contribution in [0.2, 0.25) is 10.4 Å². The molecule has 0 spiro atoms. The van der Waals surface area contributed by atoms with Crippen LogP contribution in [0.5, 0.6) is 0 Å². The summed E-state index contributed by atoms with van der Waals surface area (Å²) < 4.78 is 1.80. The highest BCUT2D eigenvalue weighted by molar-refractivity contribution is 6.32. The van der Waals surface area contributed by atoms with Crippen molar-refractivity contribution in [3.8, 4) is 0 Å². The molecule has 1 aliphatic carbocycles. The number of rotatable bonds is 3. The maximum atomic E-state index is 5.90. The summed E-state index contributed by atoms with van der Waals surface area (Å²) in [5.41, 5.74) is 0.957. The molecule has 5 heteroatoms. The number of imidazole rings is 1. The van der Waals surface area contributed by atoms with E-state index in [2.05, 4.69) is 10.3 Å². The van der Waals surface area contributed by atoms with Gasteiger partial charge in [0.25, 0.3) is 0 Å². The van der Waals surface area contributed by atoms with Gasteiger partial charge >= 0.3 is 0 Å². The molecule has 0 amide bonds. The van der Waals surface area contributed by atoms with Crippen molar-refractivity contribution in [1.82, 2.24) is 14.9 Å². The van der Waals surface area contributed by atoms with Crippen LogP contribution in [0.25, 0.3) is 0 Å². The molecular formula is C8H11Cl2N3. The lowest BCUT2D eigenvalue weighted by molar-refractivity contribution is 0.651. The fourth-order valence-electron chi connectivity index (χ4n) is 1.19. The van der Waals surface area contributed by atoms with E-state index in [1.165, 1.54) is 12.8 Å². The number of nitrogens with zero attached hydrogens (tertiary/aromatic N) is 2. The predicted molar refractivity (Wildman–Crippen MR) is 53.1 cm³/mol. The highest BCUT2D eigenvalue weighted by Crippen LogP contribution is 2.22. The Labute approximate surface area is 87.0 Å². The van der Waals surface area contributed by atoms with E-state index in [0.717, 1.165) is 12.2 Å². The van der Waals surface area contributed by atoms with E-state index in [9.17, 15) is 0 Å². The minimum atomic E-state index is 0.442. The average Bonchev–Trinajstić information content (AvgIpc) is 2.84. The zero-order chi connectivity index (χ0) is 9.42. The van der Waals surface area contributed by atoms with Crippen LogP contribution in [0.15, 0.2) is 0 Å². The molecule has 1 aromatic rings. The van der Waals surface area contributed by atoms with Crippen molar-refractivity contribution in [2.45, 2.75) is 25.4 Å². The molecule has 0 bridgehead atoms. The molecule has 0 saturated heterocycles. The van der Waals surface area contributed by atoms with Crippen LogP contribution in [0.4, 0.5) is 0 Å². The second kappa shape index (κ2) is 3.48. The van der Waals surface area contributed by atoms with Crippen molar-refractivity contribution in [2.75, 3.05) is 0 Å². The summed E-state index contributed by atoms with van der Waals surface area (Å²) in [6.07, 6.45) is 2.53. The number of hydrogen-bond donors (Lipinski definition) is 1. The minimum Gasteiger partial charge on any atom is -0.319 e. The second-order valence-electron chi connectivity index (χ2n) is 3.33. The van der Waals surface area contributed by atoms with E-state index in [-0.39, 0.29) is 0 Å². The van der Waals surface area contributed by atoms with Crippen LogP contribution in [0.1, 0.15) is 18.5 Å². The highest BCUT2D eigenvalue weighted by Gasteiger charge is 2.21. The molecule has 0 radical (unpaired) electrons. The molecule has 1 saturated carbocycles. The Morgan fingerprint density at radius 1 is 1.54 bits per heavy atom. The van der Waals surface area contributed by atoms with Crippen LogP contribution >= 0.6 is 23.2 Å². The number of aromatic nitrogens is 2. The first-order valence-corrected chi connectivity index (χ1v) is 5.04. The minimum absolute atomic E-state index is 0.442. The van der Waals surface area contributed by atoms with E-state index in [4.69, 9.17) is 23.2 Å². The molecule has 3 nitrogen and oxygen atoms in total. The third-order valence-electron chi connectivity index (χ3n) is 2.25. The maximum Gasteiger partial charge on any atom is 0.204 e. The van der Waals surface area contributed by atoms with Crippen LogP contribution in [0, 0.1) is 0 Å². The third kappa shape index (κ3) is 1.98. The molecule has 0 unspecified atom stereocenters. The van der Waals surface area contributed by atoms with E-state index in [1.807, 2.05) is 7.05 Å². The first kappa shape index (κ1) is 9.31. The Bertz CT molecular complexity index is 317. The summed E-state index contributed by atoms with van der Waals surface area (Å²) in [7, 11) is 1.87. The van der Waals surface area contributed by atoms with Crippen molar-refractivity contribution >= 4 is 23.2 Å². The Kier molecular flexibility index (Phi) is 2.49. The van der Waals surface area contributed by atoms with Gasteiger partial charge in [-0.2, -0.15) is 0 Å². The Morgan fingerprint density at radius 2 is 2.23 bits per heavy atom. The molecule has 2 rings (SSSR count). The maximum absolute atomic E-state index is 5.90. The fourth-order valence-corrected chi connectivity index (χ4v) is 1.69. The van der Waals surface area contributed by atoms with Gasteiger partial charge in [-0.05, 0) is 24.4 Å². The van der Waals surface area contributed by atoms with E-state index in [1.54, 1.807) is 4.57 Å². The van der Waals surface area contributed by atoms with Gasteiger partial charge < -0.3 is 9.88 Å². The van der Waals surface area contributed by atoms with Gasteiger partial charge in [-0.25, -0.2) is 4.98 Å². The number of hydrogen-bond acceptors (Lipinski definition) is 2. The van der Waals surface area contributed by atoms with E-state index >= 15 is 0 Å². The van der Waals surface area contributed by atoms with E-state index in [0.29, 0.717) is 16.5 Å². The molecular weight excluding hydrogens is 209 g/mol. The van der Waals surface area contributed by atoms with Crippen molar-refractivity contribution in [2.24, 2.45) is 7.05 Å². The van der Waals surface area contributed by atoms with Crippen LogP contribution in [-0.2, 0) is 13.6 Å². The normalized spacial score (nSPS) is 16.5. The first-order chi connectivity index (χ1) is 6.18. The topological polar surface area (TPSA) is 29.9 Å². The van der Waals surface area contributed by atoms with Gasteiger partial charge in [0.2, 0.25) is 5.28 Å². The quantitative estimate of drug-likeness (QED) is 0.843. The summed E-state index contributed by atoms with van der Waals surface area (Å²) in [4.78, 5) is 3.96. The lowest BCUT2D eigenvalue weighted by atomic mass is 10.4. The summed E-state index contributed by atoms with van der Waals surface area (Å²) in [5, 5.41) is 4.31. The predicted octanol–water partition coefficient (Wildman–Crippen LogP) is 1.98. The van der Waals surface area contributed by atoms with Crippen molar-refractivity contribution < 1.29 is 0 Å². The van der Waals surface area contributed by atoms with Gasteiger partial charge in [0.15, 0.2) is 5.15 Å². The zero-order valence-electron chi connectivity index (χ0n) is 7.35. The van der Waals surface area contributed by atoms with Gasteiger partial charge in [-0.1, -0.05) is 11.6 Å². The molecule has 1 fully saturated rings. The lowest BCUT2D eigenvalue weighted by Gasteiger charge is -2.04. The SMILES string of the molecule is Cn1c(Cl)nc(Cl)c1CNC1CC1. The molecule has 1 aromatic heterocycles. The highest BCUT2D eigenvalue weighted by atomic mass is 35.5. The number of nitrogens with one attached hydrogen (secondary N) is 1. The zero-order valence-corrected chi connectivity index (χ0v) is 8.86. The van der Waals surface area contributed by atoms with Crippen LogP contribution < -0.4 is 5.32 Å². The van der Waals surface area contributed by atoms with Crippen molar-refractivity contribution in [3.05, 3.63) is 16.1 Å². The second-order valence-corrected chi connectivity index (χ2v) is 4.03. The fraction of sp³-hybridized carbons (Fsp3) is 0.625. The Balaban J connectivity index is 2.08.